The highest BCUT2D eigenvalue weighted by molar-refractivity contribution is 14.1. The van der Waals surface area contributed by atoms with Gasteiger partial charge >= 0.3 is 0 Å². The minimum atomic E-state index is 0.530. The Hall–Kier alpha value is -2.17. The molecule has 0 atom stereocenters. The molecule has 1 heterocycles. The van der Waals surface area contributed by atoms with Crippen molar-refractivity contribution in [2.24, 2.45) is 5.92 Å². The molecule has 0 bridgehead atoms. The molecule has 0 saturated heterocycles. The number of hydrogen-bond acceptors (Lipinski definition) is 4. The summed E-state index contributed by atoms with van der Waals surface area (Å²) in [5, 5.41) is 15.5. The fourth-order valence-corrected chi connectivity index (χ4v) is 4.02. The first-order valence-corrected chi connectivity index (χ1v) is 10.7. The van der Waals surface area contributed by atoms with Gasteiger partial charge in [0.15, 0.2) is 0 Å². The lowest BCUT2D eigenvalue weighted by molar-refractivity contribution is 0.647. The number of thiazole rings is 1. The molecule has 0 radical (unpaired) electrons. The second-order valence-corrected chi connectivity index (χ2v) is 8.65. The molecule has 0 unspecified atom stereocenters. The largest absolute Gasteiger partial charge is 0.359 e. The number of rotatable bonds is 6. The third kappa shape index (κ3) is 5.18. The van der Waals surface area contributed by atoms with Gasteiger partial charge in [-0.3, -0.25) is 0 Å². The van der Waals surface area contributed by atoms with E-state index in [4.69, 9.17) is 0 Å². The van der Waals surface area contributed by atoms with E-state index in [1.807, 2.05) is 29.6 Å². The maximum Gasteiger partial charge on any atom is 0.136 e. The van der Waals surface area contributed by atoms with Crippen LogP contribution in [0.4, 0.5) is 5.69 Å². The van der Waals surface area contributed by atoms with E-state index in [-0.39, 0.29) is 0 Å². The van der Waals surface area contributed by atoms with Crippen LogP contribution >= 0.6 is 33.9 Å². The number of allylic oxidation sites excluding steroid dienone is 1. The number of hydrogen-bond donors (Lipinski definition) is 1. The molecule has 136 valence electrons. The minimum absolute atomic E-state index is 0.530. The fourth-order valence-electron chi connectivity index (χ4n) is 2.68. The molecule has 1 aromatic heterocycles. The lowest BCUT2D eigenvalue weighted by atomic mass is 10.0. The Bertz CT molecular complexity index is 981. The van der Waals surface area contributed by atoms with Crippen molar-refractivity contribution in [1.29, 1.82) is 5.26 Å². The van der Waals surface area contributed by atoms with Gasteiger partial charge in [0.2, 0.25) is 0 Å². The predicted octanol–water partition coefficient (Wildman–Crippen LogP) is 6.59. The monoisotopic (exact) mass is 485 g/mol. The normalized spacial score (nSPS) is 11.4. The van der Waals surface area contributed by atoms with Crippen LogP contribution in [0.2, 0.25) is 0 Å². The molecule has 2 aromatic carbocycles. The molecule has 3 nitrogen and oxygen atoms in total. The fraction of sp³-hybridized carbons (Fsp3) is 0.182. The number of nitriles is 1. The van der Waals surface area contributed by atoms with E-state index in [0.29, 0.717) is 11.5 Å². The van der Waals surface area contributed by atoms with Crippen molar-refractivity contribution in [3.05, 3.63) is 74.3 Å². The van der Waals surface area contributed by atoms with Crippen molar-refractivity contribution < 1.29 is 0 Å². The first-order valence-electron chi connectivity index (χ1n) is 8.73. The number of halogens is 1. The third-order valence-electron chi connectivity index (χ3n) is 3.99. The van der Waals surface area contributed by atoms with E-state index in [2.05, 4.69) is 77.1 Å². The summed E-state index contributed by atoms with van der Waals surface area (Å²) >= 11 is 3.76. The van der Waals surface area contributed by atoms with Crippen molar-refractivity contribution in [3.63, 3.8) is 0 Å². The number of aromatic nitrogens is 1. The second-order valence-electron chi connectivity index (χ2n) is 6.63. The maximum absolute atomic E-state index is 9.53. The van der Waals surface area contributed by atoms with Crippen LogP contribution in [0, 0.1) is 20.8 Å². The molecule has 0 fully saturated rings. The Balaban J connectivity index is 1.78. The minimum Gasteiger partial charge on any atom is -0.359 e. The number of nitrogens with zero attached hydrogens (tertiary/aromatic N) is 2. The third-order valence-corrected chi connectivity index (χ3v) is 5.81. The predicted molar refractivity (Wildman–Crippen MR) is 122 cm³/mol. The van der Waals surface area contributed by atoms with E-state index >= 15 is 0 Å². The van der Waals surface area contributed by atoms with Gasteiger partial charge in [0.05, 0.1) is 11.4 Å². The molecule has 5 heteroatoms. The van der Waals surface area contributed by atoms with Gasteiger partial charge in [-0.25, -0.2) is 4.98 Å². The Morgan fingerprint density at radius 2 is 1.96 bits per heavy atom. The highest BCUT2D eigenvalue weighted by Gasteiger charge is 2.09. The highest BCUT2D eigenvalue weighted by Crippen LogP contribution is 2.27. The number of benzene rings is 2. The Labute approximate surface area is 177 Å². The van der Waals surface area contributed by atoms with E-state index < -0.39 is 0 Å². The quantitative estimate of drug-likeness (QED) is 0.317. The zero-order valence-electron chi connectivity index (χ0n) is 15.2. The van der Waals surface area contributed by atoms with Crippen molar-refractivity contribution in [1.82, 2.24) is 4.98 Å². The summed E-state index contributed by atoms with van der Waals surface area (Å²) in [6.07, 6.45) is 2.81. The van der Waals surface area contributed by atoms with E-state index in [1.165, 1.54) is 16.9 Å². The van der Waals surface area contributed by atoms with E-state index in [9.17, 15) is 5.26 Å². The second kappa shape index (κ2) is 9.16. The Kier molecular flexibility index (Phi) is 6.64. The number of para-hydroxylation sites is 1. The summed E-state index contributed by atoms with van der Waals surface area (Å²) in [6.45, 7) is 4.45. The molecule has 27 heavy (non-hydrogen) atoms. The van der Waals surface area contributed by atoms with Crippen LogP contribution in [-0.2, 0) is 6.42 Å². The molecule has 3 rings (SSSR count). The SMILES string of the molecule is CC(C)Cc1ccc(-c2csc(/C(C#N)=C/Nc3ccccc3I)n2)cc1. The van der Waals surface area contributed by atoms with Gasteiger partial charge < -0.3 is 5.32 Å². The molecular weight excluding hydrogens is 465 g/mol. The number of nitrogens with one attached hydrogen (secondary N) is 1. The Morgan fingerprint density at radius 3 is 2.63 bits per heavy atom. The van der Waals surface area contributed by atoms with Gasteiger partial charge in [-0.05, 0) is 52.6 Å². The zero-order valence-corrected chi connectivity index (χ0v) is 18.2. The smallest absolute Gasteiger partial charge is 0.136 e. The maximum atomic E-state index is 9.53. The highest BCUT2D eigenvalue weighted by atomic mass is 127. The van der Waals surface area contributed by atoms with Crippen LogP contribution in [0.15, 0.2) is 60.1 Å². The van der Waals surface area contributed by atoms with Crippen LogP contribution in [0.25, 0.3) is 16.8 Å². The van der Waals surface area contributed by atoms with Crippen LogP contribution < -0.4 is 5.32 Å². The summed E-state index contributed by atoms with van der Waals surface area (Å²) in [6, 6.07) is 18.7. The first-order chi connectivity index (χ1) is 13.1. The van der Waals surface area contributed by atoms with Crippen LogP contribution in [0.1, 0.15) is 24.4 Å². The van der Waals surface area contributed by atoms with Crippen LogP contribution in [-0.4, -0.2) is 4.98 Å². The van der Waals surface area contributed by atoms with Gasteiger partial charge in [0, 0.05) is 20.7 Å². The topological polar surface area (TPSA) is 48.7 Å². The van der Waals surface area contributed by atoms with E-state index in [0.717, 1.165) is 31.9 Å². The lowest BCUT2D eigenvalue weighted by Gasteiger charge is -2.05. The van der Waals surface area contributed by atoms with Crippen molar-refractivity contribution in [2.45, 2.75) is 20.3 Å². The molecule has 0 aliphatic heterocycles. The molecule has 0 amide bonds. The summed E-state index contributed by atoms with van der Waals surface area (Å²) in [4.78, 5) is 4.66. The number of anilines is 1. The Morgan fingerprint density at radius 1 is 1.22 bits per heavy atom. The summed E-state index contributed by atoms with van der Waals surface area (Å²) in [7, 11) is 0. The molecule has 3 aromatic rings. The van der Waals surface area contributed by atoms with Crippen molar-refractivity contribution in [2.75, 3.05) is 5.32 Å². The zero-order chi connectivity index (χ0) is 19.2. The van der Waals surface area contributed by atoms with Gasteiger partial charge in [0.1, 0.15) is 16.6 Å². The van der Waals surface area contributed by atoms with E-state index in [1.54, 1.807) is 6.20 Å². The van der Waals surface area contributed by atoms with Gasteiger partial charge in [-0.1, -0.05) is 50.2 Å². The van der Waals surface area contributed by atoms with Crippen molar-refractivity contribution in [3.8, 4) is 17.3 Å². The van der Waals surface area contributed by atoms with Crippen LogP contribution in [0.3, 0.4) is 0 Å². The molecular formula is C22H20IN3S. The first kappa shape index (κ1) is 19.6. The summed E-state index contributed by atoms with van der Waals surface area (Å²) in [5.74, 6) is 0.644. The van der Waals surface area contributed by atoms with Gasteiger partial charge in [0.25, 0.3) is 0 Å². The molecule has 1 N–H and O–H groups in total. The van der Waals surface area contributed by atoms with Gasteiger partial charge in [-0.2, -0.15) is 5.26 Å². The van der Waals surface area contributed by atoms with Gasteiger partial charge in [-0.15, -0.1) is 11.3 Å². The lowest BCUT2D eigenvalue weighted by Crippen LogP contribution is -1.94. The molecule has 0 saturated carbocycles. The molecule has 0 spiro atoms. The van der Waals surface area contributed by atoms with Crippen molar-refractivity contribution >= 4 is 45.2 Å². The summed E-state index contributed by atoms with van der Waals surface area (Å²) in [5.41, 5.74) is 4.82. The van der Waals surface area contributed by atoms with Crippen LogP contribution in [0.5, 0.6) is 0 Å². The summed E-state index contributed by atoms with van der Waals surface area (Å²) < 4.78 is 1.10. The average Bonchev–Trinajstić information content (AvgIpc) is 3.14. The average molecular weight is 485 g/mol. The molecule has 0 aliphatic rings. The molecule has 0 aliphatic carbocycles. The standard InChI is InChI=1S/C22H20IN3S/c1-15(2)11-16-7-9-17(10-8-16)21-14-27-22(26-21)18(12-24)13-25-20-6-4-3-5-19(20)23/h3-10,13-15,25H,11H2,1-2H3/b18-13+.